The summed E-state index contributed by atoms with van der Waals surface area (Å²) in [6.07, 6.45) is 6.70. The summed E-state index contributed by atoms with van der Waals surface area (Å²) >= 11 is 0. The molecule has 1 atom stereocenters. The highest BCUT2D eigenvalue weighted by Gasteiger charge is 2.38. The Bertz CT molecular complexity index is 964. The number of hydrogen-bond donors (Lipinski definition) is 2. The van der Waals surface area contributed by atoms with Gasteiger partial charge in [0, 0.05) is 11.7 Å². The highest BCUT2D eigenvalue weighted by atomic mass is 16.3. The Hall–Kier alpha value is -3.03. The van der Waals surface area contributed by atoms with E-state index < -0.39 is 0 Å². The average Bonchev–Trinajstić information content (AvgIpc) is 3.24. The van der Waals surface area contributed by atoms with E-state index in [-0.39, 0.29) is 17.5 Å². The number of nitrogens with zero attached hydrogens (tertiary/aromatic N) is 4. The van der Waals surface area contributed by atoms with Crippen molar-refractivity contribution in [1.29, 1.82) is 0 Å². The second-order valence-electron chi connectivity index (χ2n) is 6.95. The quantitative estimate of drug-likeness (QED) is 0.727. The molecule has 1 amide bonds. The summed E-state index contributed by atoms with van der Waals surface area (Å²) in [5.74, 6) is 0.898. The number of carbonyl (C=O) groups is 1. The van der Waals surface area contributed by atoms with Crippen molar-refractivity contribution in [2.24, 2.45) is 0 Å². The number of carbonyl (C=O) groups excluding carboxylic acids is 1. The zero-order valence-corrected chi connectivity index (χ0v) is 14.9. The molecular weight excluding hydrogens is 332 g/mol. The van der Waals surface area contributed by atoms with Gasteiger partial charge in [-0.15, -0.1) is 0 Å². The summed E-state index contributed by atoms with van der Waals surface area (Å²) in [6.45, 7) is 5.76. The van der Waals surface area contributed by atoms with Gasteiger partial charge in [0.1, 0.15) is 24.2 Å². The number of aromatic nitrogens is 4. The molecule has 4 rings (SSSR count). The molecule has 0 aliphatic heterocycles. The molecule has 8 heteroatoms. The van der Waals surface area contributed by atoms with Gasteiger partial charge >= 0.3 is 0 Å². The van der Waals surface area contributed by atoms with E-state index in [2.05, 4.69) is 37.5 Å². The highest BCUT2D eigenvalue weighted by Crippen LogP contribution is 2.40. The van der Waals surface area contributed by atoms with E-state index in [0.29, 0.717) is 28.2 Å². The smallest absolute Gasteiger partial charge is 0.256 e. The molecular formula is C18H20N6O2. The zero-order chi connectivity index (χ0) is 18.3. The van der Waals surface area contributed by atoms with Crippen LogP contribution in [0.3, 0.4) is 0 Å². The summed E-state index contributed by atoms with van der Waals surface area (Å²) in [6, 6.07) is 1.51. The number of furan rings is 1. The normalized spacial score (nSPS) is 16.3. The molecule has 1 aliphatic rings. The molecule has 3 aromatic rings. The lowest BCUT2D eigenvalue weighted by Gasteiger charge is -2.15. The number of nitrogens with one attached hydrogen (secondary N) is 2. The predicted octanol–water partition coefficient (Wildman–Crippen LogP) is 2.78. The molecule has 1 unspecified atom stereocenters. The molecule has 0 bridgehead atoms. The Kier molecular flexibility index (Phi) is 3.82. The third-order valence-electron chi connectivity index (χ3n) is 4.71. The first-order valence-electron chi connectivity index (χ1n) is 8.56. The molecule has 26 heavy (non-hydrogen) atoms. The Morgan fingerprint density at radius 1 is 1.27 bits per heavy atom. The van der Waals surface area contributed by atoms with Crippen LogP contribution in [-0.2, 0) is 0 Å². The Morgan fingerprint density at radius 3 is 2.77 bits per heavy atom. The molecule has 0 radical (unpaired) electrons. The number of rotatable bonds is 5. The number of hydrogen-bond acceptors (Lipinski definition) is 7. The van der Waals surface area contributed by atoms with Crippen LogP contribution in [0.5, 0.6) is 0 Å². The standard InChI is InChI=1S/C18H20N6O2/c1-10(12-4-7-19-8-20-12)23-16(25)13-11(2)26-17-14(13)15(21-9-22-17)24-18(3)5-6-18/h4,7-10H,5-6H2,1-3H3,(H,23,25)(H,21,22,24). The van der Waals surface area contributed by atoms with Crippen LogP contribution in [-0.4, -0.2) is 31.4 Å². The maximum Gasteiger partial charge on any atom is 0.256 e. The molecule has 1 saturated carbocycles. The second-order valence-corrected chi connectivity index (χ2v) is 6.95. The lowest BCUT2D eigenvalue weighted by Crippen LogP contribution is -2.28. The summed E-state index contributed by atoms with van der Waals surface area (Å²) in [5.41, 5.74) is 1.62. The van der Waals surface area contributed by atoms with Crippen molar-refractivity contribution in [1.82, 2.24) is 25.3 Å². The van der Waals surface area contributed by atoms with Crippen LogP contribution in [0.1, 0.15) is 54.5 Å². The minimum absolute atomic E-state index is 0.0223. The zero-order valence-electron chi connectivity index (χ0n) is 14.9. The van der Waals surface area contributed by atoms with E-state index >= 15 is 0 Å². The van der Waals surface area contributed by atoms with Crippen molar-refractivity contribution >= 4 is 22.8 Å². The van der Waals surface area contributed by atoms with Gasteiger partial charge in [0.15, 0.2) is 0 Å². The average molecular weight is 352 g/mol. The van der Waals surface area contributed by atoms with Crippen molar-refractivity contribution in [3.05, 3.63) is 41.9 Å². The molecule has 3 aromatic heterocycles. The second kappa shape index (κ2) is 6.05. The summed E-state index contributed by atoms with van der Waals surface area (Å²) in [7, 11) is 0. The van der Waals surface area contributed by atoms with E-state index in [0.717, 1.165) is 18.5 Å². The Labute approximate surface area is 150 Å². The van der Waals surface area contributed by atoms with E-state index in [1.807, 2.05) is 6.92 Å². The van der Waals surface area contributed by atoms with Crippen molar-refractivity contribution in [3.8, 4) is 0 Å². The first-order chi connectivity index (χ1) is 12.5. The van der Waals surface area contributed by atoms with Gasteiger partial charge < -0.3 is 15.1 Å². The summed E-state index contributed by atoms with van der Waals surface area (Å²) in [4.78, 5) is 29.6. The fourth-order valence-corrected chi connectivity index (χ4v) is 2.91. The molecule has 1 fully saturated rings. The number of anilines is 1. The first kappa shape index (κ1) is 16.4. The first-order valence-corrected chi connectivity index (χ1v) is 8.56. The molecule has 2 N–H and O–H groups in total. The Morgan fingerprint density at radius 2 is 2.08 bits per heavy atom. The minimum Gasteiger partial charge on any atom is -0.442 e. The predicted molar refractivity (Wildman–Crippen MR) is 95.7 cm³/mol. The molecule has 3 heterocycles. The van der Waals surface area contributed by atoms with Crippen LogP contribution >= 0.6 is 0 Å². The van der Waals surface area contributed by atoms with E-state index in [9.17, 15) is 4.79 Å². The molecule has 0 saturated heterocycles. The van der Waals surface area contributed by atoms with Gasteiger partial charge in [-0.1, -0.05) is 0 Å². The molecule has 134 valence electrons. The largest absolute Gasteiger partial charge is 0.442 e. The van der Waals surface area contributed by atoms with Gasteiger partial charge in [-0.3, -0.25) is 4.79 Å². The van der Waals surface area contributed by atoms with Crippen molar-refractivity contribution in [2.75, 3.05) is 5.32 Å². The van der Waals surface area contributed by atoms with Crippen molar-refractivity contribution in [2.45, 2.75) is 45.2 Å². The molecule has 0 spiro atoms. The molecule has 0 aromatic carbocycles. The third-order valence-corrected chi connectivity index (χ3v) is 4.71. The van der Waals surface area contributed by atoms with Crippen molar-refractivity contribution in [3.63, 3.8) is 0 Å². The topological polar surface area (TPSA) is 106 Å². The summed E-state index contributed by atoms with van der Waals surface area (Å²) < 4.78 is 5.71. The van der Waals surface area contributed by atoms with Crippen LogP contribution < -0.4 is 10.6 Å². The fraction of sp³-hybridized carbons (Fsp3) is 0.389. The third kappa shape index (κ3) is 2.98. The number of aryl methyl sites for hydroxylation is 1. The minimum atomic E-state index is -0.267. The van der Waals surface area contributed by atoms with Crippen LogP contribution in [0.25, 0.3) is 11.1 Å². The Balaban J connectivity index is 1.69. The van der Waals surface area contributed by atoms with E-state index in [1.165, 1.54) is 12.7 Å². The SMILES string of the molecule is Cc1oc2ncnc(NC3(C)CC3)c2c1C(=O)NC(C)c1ccncn1. The monoisotopic (exact) mass is 352 g/mol. The van der Waals surface area contributed by atoms with E-state index in [1.54, 1.807) is 19.2 Å². The van der Waals surface area contributed by atoms with Gasteiger partial charge in [-0.25, -0.2) is 19.9 Å². The van der Waals surface area contributed by atoms with Gasteiger partial charge in [-0.2, -0.15) is 0 Å². The fourth-order valence-electron chi connectivity index (χ4n) is 2.91. The maximum atomic E-state index is 13.0. The lowest BCUT2D eigenvalue weighted by atomic mass is 10.1. The van der Waals surface area contributed by atoms with Crippen LogP contribution in [0.4, 0.5) is 5.82 Å². The number of amides is 1. The van der Waals surface area contributed by atoms with E-state index in [4.69, 9.17) is 4.42 Å². The molecule has 1 aliphatic carbocycles. The maximum absolute atomic E-state index is 13.0. The van der Waals surface area contributed by atoms with Gasteiger partial charge in [0.05, 0.1) is 22.7 Å². The molecule has 8 nitrogen and oxygen atoms in total. The van der Waals surface area contributed by atoms with Crippen molar-refractivity contribution < 1.29 is 9.21 Å². The van der Waals surface area contributed by atoms with Crippen LogP contribution in [0.2, 0.25) is 0 Å². The van der Waals surface area contributed by atoms with Gasteiger partial charge in [0.2, 0.25) is 5.71 Å². The highest BCUT2D eigenvalue weighted by molar-refractivity contribution is 6.10. The van der Waals surface area contributed by atoms with Crippen LogP contribution in [0.15, 0.2) is 29.3 Å². The lowest BCUT2D eigenvalue weighted by molar-refractivity contribution is 0.0939. The van der Waals surface area contributed by atoms with Gasteiger partial charge in [0.25, 0.3) is 5.91 Å². The number of fused-ring (bicyclic) bond motifs is 1. The summed E-state index contributed by atoms with van der Waals surface area (Å²) in [5, 5.41) is 7.00. The van der Waals surface area contributed by atoms with Gasteiger partial charge in [-0.05, 0) is 39.7 Å². The van der Waals surface area contributed by atoms with Crippen LogP contribution in [0, 0.1) is 6.92 Å².